The average molecular weight is 346 g/mol. The molecule has 0 bridgehead atoms. The molecule has 3 aromatic carbocycles. The van der Waals surface area contributed by atoms with Gasteiger partial charge in [0.2, 0.25) is 0 Å². The third-order valence-electron chi connectivity index (χ3n) is 4.32. The van der Waals surface area contributed by atoms with E-state index in [1.54, 1.807) is 0 Å². The minimum Gasteiger partial charge on any atom is -0.352 e. The van der Waals surface area contributed by atoms with Crippen LogP contribution in [0, 0.1) is 0 Å². The van der Waals surface area contributed by atoms with Crippen molar-refractivity contribution in [1.82, 2.24) is 0 Å². The highest BCUT2D eigenvalue weighted by Crippen LogP contribution is 2.10. The van der Waals surface area contributed by atoms with Crippen molar-refractivity contribution >= 4 is 0 Å². The first-order valence-corrected chi connectivity index (χ1v) is 9.25. The largest absolute Gasteiger partial charge is 0.352 e. The molecular formula is C24H26O2. The van der Waals surface area contributed by atoms with E-state index in [1.165, 1.54) is 16.7 Å². The fraction of sp³-hybridized carbons (Fsp3) is 0.250. The lowest BCUT2D eigenvalue weighted by atomic mass is 10.1. The van der Waals surface area contributed by atoms with Crippen LogP contribution in [-0.4, -0.2) is 19.5 Å². The average Bonchev–Trinajstić information content (AvgIpc) is 2.70. The highest BCUT2D eigenvalue weighted by Gasteiger charge is 2.11. The van der Waals surface area contributed by atoms with Crippen molar-refractivity contribution in [1.29, 1.82) is 0 Å². The van der Waals surface area contributed by atoms with Crippen molar-refractivity contribution in [3.05, 3.63) is 108 Å². The molecule has 26 heavy (non-hydrogen) atoms. The van der Waals surface area contributed by atoms with Gasteiger partial charge in [-0.2, -0.15) is 0 Å². The van der Waals surface area contributed by atoms with Crippen LogP contribution in [0.2, 0.25) is 0 Å². The minimum absolute atomic E-state index is 0.218. The number of hydrogen-bond donors (Lipinski definition) is 0. The van der Waals surface area contributed by atoms with Gasteiger partial charge in [-0.05, 0) is 29.5 Å². The predicted molar refractivity (Wildman–Crippen MR) is 106 cm³/mol. The predicted octanol–water partition coefficient (Wildman–Crippen LogP) is 5.07. The first kappa shape index (κ1) is 18.4. The lowest BCUT2D eigenvalue weighted by molar-refractivity contribution is -0.139. The lowest BCUT2D eigenvalue weighted by Crippen LogP contribution is -2.22. The molecule has 0 atom stereocenters. The summed E-state index contributed by atoms with van der Waals surface area (Å²) in [6, 6.07) is 31.2. The van der Waals surface area contributed by atoms with Gasteiger partial charge in [-0.15, -0.1) is 0 Å². The number of benzene rings is 3. The van der Waals surface area contributed by atoms with Gasteiger partial charge in [-0.3, -0.25) is 0 Å². The molecule has 134 valence electrons. The summed E-state index contributed by atoms with van der Waals surface area (Å²) >= 11 is 0. The minimum atomic E-state index is -0.218. The molecule has 0 spiro atoms. The Morgan fingerprint density at radius 2 is 0.885 bits per heavy atom. The van der Waals surface area contributed by atoms with Crippen LogP contribution in [0.5, 0.6) is 0 Å². The van der Waals surface area contributed by atoms with Crippen molar-refractivity contribution in [2.24, 2.45) is 0 Å². The van der Waals surface area contributed by atoms with Crippen molar-refractivity contribution in [2.75, 3.05) is 13.2 Å². The molecule has 0 heterocycles. The molecule has 3 aromatic rings. The van der Waals surface area contributed by atoms with Crippen LogP contribution < -0.4 is 0 Å². The molecule has 0 fully saturated rings. The van der Waals surface area contributed by atoms with E-state index in [1.807, 2.05) is 18.2 Å². The zero-order valence-electron chi connectivity index (χ0n) is 15.1. The molecule has 0 aliphatic rings. The van der Waals surface area contributed by atoms with Gasteiger partial charge in [-0.25, -0.2) is 0 Å². The van der Waals surface area contributed by atoms with Gasteiger partial charge in [0, 0.05) is 6.42 Å². The van der Waals surface area contributed by atoms with Crippen LogP contribution in [-0.2, 0) is 28.7 Å². The Balaban J connectivity index is 1.50. The third-order valence-corrected chi connectivity index (χ3v) is 4.32. The van der Waals surface area contributed by atoms with Crippen LogP contribution in [0.3, 0.4) is 0 Å². The van der Waals surface area contributed by atoms with Crippen LogP contribution in [0.4, 0.5) is 0 Å². The summed E-state index contributed by atoms with van der Waals surface area (Å²) in [5, 5.41) is 0. The topological polar surface area (TPSA) is 18.5 Å². The van der Waals surface area contributed by atoms with Crippen molar-refractivity contribution in [3.63, 3.8) is 0 Å². The Labute approximate surface area is 156 Å². The summed E-state index contributed by atoms with van der Waals surface area (Å²) in [5.41, 5.74) is 3.81. The van der Waals surface area contributed by atoms with Crippen molar-refractivity contribution in [2.45, 2.75) is 25.6 Å². The summed E-state index contributed by atoms with van der Waals surface area (Å²) in [7, 11) is 0. The molecular weight excluding hydrogens is 320 g/mol. The third kappa shape index (κ3) is 6.47. The van der Waals surface area contributed by atoms with Gasteiger partial charge < -0.3 is 9.47 Å². The van der Waals surface area contributed by atoms with Crippen LogP contribution >= 0.6 is 0 Å². The van der Waals surface area contributed by atoms with Gasteiger partial charge in [0.05, 0.1) is 13.2 Å². The number of rotatable bonds is 10. The van der Waals surface area contributed by atoms with E-state index in [4.69, 9.17) is 9.47 Å². The standard InChI is InChI=1S/C24H26O2/c1-4-10-21(11-5-1)16-18-25-24(20-23-14-8-3-9-15-23)26-19-17-22-12-6-2-7-13-22/h1-15,24H,16-20H2. The van der Waals surface area contributed by atoms with Crippen molar-refractivity contribution < 1.29 is 9.47 Å². The molecule has 0 unspecified atom stereocenters. The van der Waals surface area contributed by atoms with E-state index in [0.717, 1.165) is 19.3 Å². The molecule has 0 aliphatic carbocycles. The van der Waals surface area contributed by atoms with E-state index in [9.17, 15) is 0 Å². The smallest absolute Gasteiger partial charge is 0.161 e. The molecule has 3 rings (SSSR count). The first-order chi connectivity index (χ1) is 12.9. The number of hydrogen-bond acceptors (Lipinski definition) is 2. The molecule has 0 saturated heterocycles. The molecule has 0 amide bonds. The van der Waals surface area contributed by atoms with Gasteiger partial charge in [-0.1, -0.05) is 91.0 Å². The highest BCUT2D eigenvalue weighted by molar-refractivity contribution is 5.16. The molecule has 2 heteroatoms. The maximum absolute atomic E-state index is 6.07. The quantitative estimate of drug-likeness (QED) is 0.477. The Kier molecular flexibility index (Phi) is 7.45. The van der Waals surface area contributed by atoms with Gasteiger partial charge in [0.15, 0.2) is 6.29 Å². The van der Waals surface area contributed by atoms with E-state index >= 15 is 0 Å². The fourth-order valence-electron chi connectivity index (χ4n) is 2.88. The van der Waals surface area contributed by atoms with E-state index in [0.29, 0.717) is 13.2 Å². The molecule has 0 aliphatic heterocycles. The monoisotopic (exact) mass is 346 g/mol. The fourth-order valence-corrected chi connectivity index (χ4v) is 2.88. The lowest BCUT2D eigenvalue weighted by Gasteiger charge is -2.19. The molecule has 2 nitrogen and oxygen atoms in total. The maximum atomic E-state index is 6.07. The first-order valence-electron chi connectivity index (χ1n) is 9.25. The summed E-state index contributed by atoms with van der Waals surface area (Å²) in [4.78, 5) is 0. The Hall–Kier alpha value is -2.42. The van der Waals surface area contributed by atoms with Crippen molar-refractivity contribution in [3.8, 4) is 0 Å². The van der Waals surface area contributed by atoms with Crippen LogP contribution in [0.15, 0.2) is 91.0 Å². The second-order valence-electron chi connectivity index (χ2n) is 6.33. The SMILES string of the molecule is c1ccc(CCOC(Cc2ccccc2)OCCc2ccccc2)cc1. The summed E-state index contributed by atoms with van der Waals surface area (Å²) in [6.07, 6.45) is 2.34. The zero-order chi connectivity index (χ0) is 17.9. The highest BCUT2D eigenvalue weighted by atomic mass is 16.7. The Bertz CT molecular complexity index is 680. The maximum Gasteiger partial charge on any atom is 0.161 e. The number of ether oxygens (including phenoxy) is 2. The van der Waals surface area contributed by atoms with Gasteiger partial charge in [0.1, 0.15) is 0 Å². The van der Waals surface area contributed by atoms with Gasteiger partial charge >= 0.3 is 0 Å². The molecule has 0 N–H and O–H groups in total. The van der Waals surface area contributed by atoms with Gasteiger partial charge in [0.25, 0.3) is 0 Å². The molecule has 0 saturated carbocycles. The molecule has 0 aromatic heterocycles. The van der Waals surface area contributed by atoms with E-state index in [2.05, 4.69) is 72.8 Å². The normalized spacial score (nSPS) is 11.0. The summed E-state index contributed by atoms with van der Waals surface area (Å²) < 4.78 is 12.1. The van der Waals surface area contributed by atoms with E-state index < -0.39 is 0 Å². The Morgan fingerprint density at radius 3 is 1.31 bits per heavy atom. The van der Waals surface area contributed by atoms with Crippen LogP contribution in [0.1, 0.15) is 16.7 Å². The second-order valence-corrected chi connectivity index (χ2v) is 6.33. The van der Waals surface area contributed by atoms with E-state index in [-0.39, 0.29) is 6.29 Å². The second kappa shape index (κ2) is 10.5. The molecule has 0 radical (unpaired) electrons. The van der Waals surface area contributed by atoms with Crippen LogP contribution in [0.25, 0.3) is 0 Å². The zero-order valence-corrected chi connectivity index (χ0v) is 15.1. The Morgan fingerprint density at radius 1 is 0.500 bits per heavy atom. The summed E-state index contributed by atoms with van der Waals surface area (Å²) in [5.74, 6) is 0. The summed E-state index contributed by atoms with van der Waals surface area (Å²) in [6.45, 7) is 1.32.